The third kappa shape index (κ3) is 3.74. The zero-order chi connectivity index (χ0) is 24.7. The van der Waals surface area contributed by atoms with Crippen molar-refractivity contribution in [3.63, 3.8) is 0 Å². The Morgan fingerprint density at radius 2 is 1.69 bits per heavy atom. The minimum Gasteiger partial charge on any atom is -0.439 e. The highest BCUT2D eigenvalue weighted by atomic mass is 32.2. The second kappa shape index (κ2) is 8.60. The topological polar surface area (TPSA) is 96.4 Å². The number of fused-ring (bicyclic) bond motifs is 2. The Hall–Kier alpha value is -4.09. The molecule has 2 heterocycles. The average Bonchev–Trinajstić information content (AvgIpc) is 2.87. The quantitative estimate of drug-likeness (QED) is 0.564. The van der Waals surface area contributed by atoms with Gasteiger partial charge in [0, 0.05) is 5.56 Å². The molecule has 2 N–H and O–H groups in total. The minimum absolute atomic E-state index is 0.0149. The van der Waals surface area contributed by atoms with Crippen molar-refractivity contribution in [1.29, 1.82) is 5.26 Å². The Morgan fingerprint density at radius 1 is 1.03 bits per heavy atom. The smallest absolute Gasteiger partial charge is 0.265 e. The Balaban J connectivity index is 1.73. The first-order valence-electron chi connectivity index (χ1n) is 11.1. The molecule has 5 rings (SSSR count). The molecule has 0 fully saturated rings. The van der Waals surface area contributed by atoms with E-state index in [2.05, 4.69) is 6.07 Å². The Labute approximate surface area is 203 Å². The largest absolute Gasteiger partial charge is 0.439 e. The summed E-state index contributed by atoms with van der Waals surface area (Å²) in [6.07, 6.45) is 0.822. The van der Waals surface area contributed by atoms with Crippen LogP contribution in [0.15, 0.2) is 89.2 Å². The number of rotatable bonds is 4. The molecule has 6 nitrogen and oxygen atoms in total. The predicted molar refractivity (Wildman–Crippen MR) is 131 cm³/mol. The summed E-state index contributed by atoms with van der Waals surface area (Å²) in [7, 11) is -4.17. The van der Waals surface area contributed by atoms with E-state index in [4.69, 9.17) is 10.5 Å². The summed E-state index contributed by atoms with van der Waals surface area (Å²) in [4.78, 5) is -0.0340. The van der Waals surface area contributed by atoms with Crippen molar-refractivity contribution in [1.82, 2.24) is 0 Å². The summed E-state index contributed by atoms with van der Waals surface area (Å²) in [6, 6.07) is 22.2. The number of anilines is 1. The monoisotopic (exact) mass is 487 g/mol. The first kappa shape index (κ1) is 22.7. The highest BCUT2D eigenvalue weighted by Crippen LogP contribution is 2.51. The van der Waals surface area contributed by atoms with Gasteiger partial charge in [-0.15, -0.1) is 0 Å². The molecule has 176 valence electrons. The van der Waals surface area contributed by atoms with E-state index in [1.54, 1.807) is 36.4 Å². The van der Waals surface area contributed by atoms with Gasteiger partial charge >= 0.3 is 0 Å². The van der Waals surface area contributed by atoms with Crippen LogP contribution in [-0.2, 0) is 27.7 Å². The number of nitrogens with zero attached hydrogens (tertiary/aromatic N) is 2. The standard InChI is InChI=1S/C27H22FN3O3S/c1-2-17-7-11-19(12-8-17)24-22(15-29)27(30)34-25-21-5-3-4-6-23(21)31(35(32,33)26(24)25)16-18-9-13-20(28)14-10-18/h3-14,24H,2,16,30H2,1H3/t24-/m1/s1. The van der Waals surface area contributed by atoms with E-state index in [1.807, 2.05) is 31.2 Å². The molecule has 0 aliphatic carbocycles. The van der Waals surface area contributed by atoms with E-state index in [9.17, 15) is 18.1 Å². The van der Waals surface area contributed by atoms with Gasteiger partial charge in [-0.05, 0) is 47.4 Å². The van der Waals surface area contributed by atoms with Gasteiger partial charge in [0.1, 0.15) is 22.4 Å². The zero-order valence-corrected chi connectivity index (χ0v) is 19.7. The van der Waals surface area contributed by atoms with Crippen LogP contribution in [0, 0.1) is 17.1 Å². The second-order valence-electron chi connectivity index (χ2n) is 8.37. The highest BCUT2D eigenvalue weighted by molar-refractivity contribution is 7.96. The van der Waals surface area contributed by atoms with Crippen LogP contribution in [0.1, 0.15) is 35.1 Å². The van der Waals surface area contributed by atoms with Crippen LogP contribution in [0.3, 0.4) is 0 Å². The van der Waals surface area contributed by atoms with Gasteiger partial charge in [0.05, 0.1) is 18.2 Å². The van der Waals surface area contributed by atoms with Crippen LogP contribution in [0.5, 0.6) is 0 Å². The number of hydrogen-bond donors (Lipinski definition) is 1. The van der Waals surface area contributed by atoms with Gasteiger partial charge < -0.3 is 10.5 Å². The minimum atomic E-state index is -4.17. The lowest BCUT2D eigenvalue weighted by Crippen LogP contribution is -2.39. The zero-order valence-electron chi connectivity index (χ0n) is 18.9. The molecule has 0 radical (unpaired) electrons. The molecule has 2 aliphatic rings. The second-order valence-corrected chi connectivity index (χ2v) is 10.2. The van der Waals surface area contributed by atoms with Crippen LogP contribution in [0.2, 0.25) is 0 Å². The van der Waals surface area contributed by atoms with Crippen LogP contribution in [0.4, 0.5) is 10.1 Å². The number of hydrogen-bond acceptors (Lipinski definition) is 5. The molecule has 0 saturated carbocycles. The molecule has 0 unspecified atom stereocenters. The fraction of sp³-hybridized carbons (Fsp3) is 0.148. The van der Waals surface area contributed by atoms with Crippen molar-refractivity contribution in [2.45, 2.75) is 25.8 Å². The van der Waals surface area contributed by atoms with Gasteiger partial charge in [-0.2, -0.15) is 5.26 Å². The number of sulfonamides is 1. The number of ether oxygens (including phenoxy) is 1. The Morgan fingerprint density at radius 3 is 2.34 bits per heavy atom. The maximum atomic E-state index is 14.2. The molecule has 0 bridgehead atoms. The summed E-state index contributed by atoms with van der Waals surface area (Å²) >= 11 is 0. The van der Waals surface area contributed by atoms with Crippen molar-refractivity contribution in [3.8, 4) is 6.07 Å². The lowest BCUT2D eigenvalue weighted by atomic mass is 9.87. The summed E-state index contributed by atoms with van der Waals surface area (Å²) < 4.78 is 49.0. The van der Waals surface area contributed by atoms with Gasteiger partial charge in [0.25, 0.3) is 10.0 Å². The van der Waals surface area contributed by atoms with E-state index in [-0.39, 0.29) is 28.7 Å². The summed E-state index contributed by atoms with van der Waals surface area (Å²) in [6.45, 7) is 2.01. The van der Waals surface area contributed by atoms with Crippen molar-refractivity contribution in [2.24, 2.45) is 5.73 Å². The first-order valence-corrected chi connectivity index (χ1v) is 12.6. The van der Waals surface area contributed by atoms with E-state index < -0.39 is 21.8 Å². The van der Waals surface area contributed by atoms with E-state index in [0.29, 0.717) is 22.4 Å². The number of nitriles is 1. The maximum absolute atomic E-state index is 14.2. The summed E-state index contributed by atoms with van der Waals surface area (Å²) in [5.41, 5.74) is 9.49. The molecule has 3 aromatic rings. The van der Waals surface area contributed by atoms with Crippen molar-refractivity contribution >= 4 is 21.5 Å². The van der Waals surface area contributed by atoms with Gasteiger partial charge in [-0.1, -0.05) is 55.5 Å². The lowest BCUT2D eigenvalue weighted by Gasteiger charge is -2.38. The number of allylic oxidation sites excluding steroid dienone is 2. The van der Waals surface area contributed by atoms with Gasteiger partial charge in [-0.25, -0.2) is 12.8 Å². The summed E-state index contributed by atoms with van der Waals surface area (Å²) in [5, 5.41) is 9.94. The van der Waals surface area contributed by atoms with Crippen LogP contribution >= 0.6 is 0 Å². The number of aryl methyl sites for hydroxylation is 1. The van der Waals surface area contributed by atoms with E-state index in [0.717, 1.165) is 12.0 Å². The molecular formula is C27H22FN3O3S. The van der Waals surface area contributed by atoms with E-state index >= 15 is 0 Å². The molecule has 8 heteroatoms. The molecular weight excluding hydrogens is 465 g/mol. The lowest BCUT2D eigenvalue weighted by molar-refractivity contribution is 0.357. The van der Waals surface area contributed by atoms with E-state index in [1.165, 1.54) is 16.4 Å². The third-order valence-electron chi connectivity index (χ3n) is 6.32. The van der Waals surface area contributed by atoms with Crippen molar-refractivity contribution in [3.05, 3.63) is 117 Å². The summed E-state index contributed by atoms with van der Waals surface area (Å²) in [5.74, 6) is -1.33. The van der Waals surface area contributed by atoms with Crippen LogP contribution in [-0.4, -0.2) is 8.42 Å². The average molecular weight is 488 g/mol. The Kier molecular flexibility index (Phi) is 5.58. The number of benzene rings is 3. The molecule has 3 aromatic carbocycles. The third-order valence-corrected chi connectivity index (χ3v) is 8.20. The molecule has 0 spiro atoms. The number of nitrogens with two attached hydrogens (primary N) is 1. The fourth-order valence-electron chi connectivity index (χ4n) is 4.51. The molecule has 2 aliphatic heterocycles. The van der Waals surface area contributed by atoms with Crippen LogP contribution < -0.4 is 10.0 Å². The van der Waals surface area contributed by atoms with Gasteiger partial charge in [0.2, 0.25) is 5.88 Å². The predicted octanol–water partition coefficient (Wildman–Crippen LogP) is 4.91. The van der Waals surface area contributed by atoms with Crippen LogP contribution in [0.25, 0.3) is 5.76 Å². The molecule has 0 saturated heterocycles. The fourth-order valence-corrected chi connectivity index (χ4v) is 6.43. The van der Waals surface area contributed by atoms with Gasteiger partial charge in [-0.3, -0.25) is 4.31 Å². The maximum Gasteiger partial charge on any atom is 0.265 e. The molecule has 1 atom stereocenters. The molecule has 35 heavy (non-hydrogen) atoms. The van der Waals surface area contributed by atoms with Crippen molar-refractivity contribution in [2.75, 3.05) is 4.31 Å². The Bertz CT molecular complexity index is 1520. The van der Waals surface area contributed by atoms with Gasteiger partial charge in [0.15, 0.2) is 5.76 Å². The van der Waals surface area contributed by atoms with Crippen molar-refractivity contribution < 1.29 is 17.5 Å². The molecule has 0 aromatic heterocycles. The SMILES string of the molecule is CCc1ccc([C@@H]2C(C#N)=C(N)OC3=C2S(=O)(=O)N(Cc2ccc(F)cc2)c2ccccc23)cc1. The normalized spacial score (nSPS) is 18.4. The molecule has 0 amide bonds. The highest BCUT2D eigenvalue weighted by Gasteiger charge is 2.47. The number of halogens is 1. The number of para-hydroxylation sites is 1. The first-order chi connectivity index (χ1) is 16.8.